The zero-order valence-electron chi connectivity index (χ0n) is 19.6. The van der Waals surface area contributed by atoms with Crippen LogP contribution < -0.4 is 15.1 Å². The van der Waals surface area contributed by atoms with Gasteiger partial charge in [-0.2, -0.15) is 0 Å². The molecule has 0 spiro atoms. The molecule has 1 saturated heterocycles. The van der Waals surface area contributed by atoms with Gasteiger partial charge in [0, 0.05) is 17.3 Å². The van der Waals surface area contributed by atoms with Crippen LogP contribution >= 0.6 is 35.4 Å². The summed E-state index contributed by atoms with van der Waals surface area (Å²) < 4.78 is 0. The molecule has 2 aromatic rings. The van der Waals surface area contributed by atoms with E-state index >= 15 is 0 Å². The Labute approximate surface area is 215 Å². The number of carbonyl (C=O) groups is 2. The van der Waals surface area contributed by atoms with E-state index in [1.807, 2.05) is 18.2 Å². The standard InChI is InChI=1S/C26H25Cl2N3O2S/c1-14(2)31-20-10-9-16(11-17(20)15(3)13-26(31,4)5)12-18-23(32)29-25(34)30(24(18)33)21-8-6-7-19(27)22(21)28/h6-14H,1-5H3,(H,29,32,34)/b18-12+. The minimum atomic E-state index is -0.562. The van der Waals surface area contributed by atoms with Crippen molar-refractivity contribution in [3.05, 3.63) is 69.2 Å². The molecule has 2 aliphatic heterocycles. The largest absolute Gasteiger partial charge is 0.360 e. The molecular formula is C26H25Cl2N3O2S. The van der Waals surface area contributed by atoms with Crippen LogP contribution in [-0.2, 0) is 9.59 Å². The van der Waals surface area contributed by atoms with Crippen LogP contribution in [0.1, 0.15) is 45.7 Å². The second kappa shape index (κ2) is 8.84. The molecule has 2 aromatic carbocycles. The minimum Gasteiger partial charge on any atom is -0.360 e. The monoisotopic (exact) mass is 513 g/mol. The lowest BCUT2D eigenvalue weighted by atomic mass is 9.86. The third kappa shape index (κ3) is 4.15. The van der Waals surface area contributed by atoms with Crippen LogP contribution in [0.3, 0.4) is 0 Å². The Morgan fingerprint density at radius 3 is 2.47 bits per heavy atom. The van der Waals surface area contributed by atoms with Crippen molar-refractivity contribution < 1.29 is 9.59 Å². The maximum atomic E-state index is 13.4. The van der Waals surface area contributed by atoms with Crippen LogP contribution in [-0.4, -0.2) is 28.5 Å². The number of hydrogen-bond donors (Lipinski definition) is 1. The van der Waals surface area contributed by atoms with Gasteiger partial charge in [-0.1, -0.05) is 41.4 Å². The number of nitrogens with zero attached hydrogens (tertiary/aromatic N) is 2. The lowest BCUT2D eigenvalue weighted by molar-refractivity contribution is -0.122. The van der Waals surface area contributed by atoms with Crippen molar-refractivity contribution in [2.75, 3.05) is 9.80 Å². The van der Waals surface area contributed by atoms with Gasteiger partial charge in [0.1, 0.15) is 5.57 Å². The Bertz CT molecular complexity index is 1300. The summed E-state index contributed by atoms with van der Waals surface area (Å²) in [6.45, 7) is 10.8. The highest BCUT2D eigenvalue weighted by Gasteiger charge is 2.36. The van der Waals surface area contributed by atoms with E-state index in [4.69, 9.17) is 35.4 Å². The summed E-state index contributed by atoms with van der Waals surface area (Å²) in [6, 6.07) is 11.2. The van der Waals surface area contributed by atoms with Crippen molar-refractivity contribution in [3.63, 3.8) is 0 Å². The van der Waals surface area contributed by atoms with Gasteiger partial charge in [0.2, 0.25) is 0 Å². The fraction of sp³-hybridized carbons (Fsp3) is 0.269. The van der Waals surface area contributed by atoms with E-state index in [0.717, 1.165) is 22.4 Å². The zero-order valence-corrected chi connectivity index (χ0v) is 21.9. The van der Waals surface area contributed by atoms with Crippen molar-refractivity contribution >= 4 is 75.4 Å². The van der Waals surface area contributed by atoms with Gasteiger partial charge in [-0.25, -0.2) is 0 Å². The normalized spacial score (nSPS) is 18.9. The predicted octanol–water partition coefficient (Wildman–Crippen LogP) is 6.24. The van der Waals surface area contributed by atoms with E-state index in [1.165, 1.54) is 4.90 Å². The number of rotatable bonds is 3. The first-order valence-corrected chi connectivity index (χ1v) is 12.1. The van der Waals surface area contributed by atoms with Crippen LogP contribution in [0.4, 0.5) is 11.4 Å². The van der Waals surface area contributed by atoms with E-state index < -0.39 is 11.8 Å². The van der Waals surface area contributed by atoms with E-state index in [1.54, 1.807) is 24.3 Å². The number of thiocarbonyl (C=S) groups is 1. The first-order valence-electron chi connectivity index (χ1n) is 10.9. The molecule has 8 heteroatoms. The van der Waals surface area contributed by atoms with E-state index in [0.29, 0.717) is 11.7 Å². The molecule has 0 aromatic heterocycles. The van der Waals surface area contributed by atoms with Gasteiger partial charge in [0.25, 0.3) is 11.8 Å². The molecule has 1 N–H and O–H groups in total. The first kappa shape index (κ1) is 24.5. The molecule has 0 aliphatic carbocycles. The van der Waals surface area contributed by atoms with Crippen LogP contribution in [0.25, 0.3) is 11.6 Å². The molecule has 0 radical (unpaired) electrons. The van der Waals surface area contributed by atoms with Gasteiger partial charge in [-0.15, -0.1) is 0 Å². The summed E-state index contributed by atoms with van der Waals surface area (Å²) in [5, 5.41) is 3.01. The van der Waals surface area contributed by atoms with E-state index in [2.05, 4.69) is 50.9 Å². The predicted molar refractivity (Wildman–Crippen MR) is 144 cm³/mol. The van der Waals surface area contributed by atoms with Crippen LogP contribution in [0.15, 0.2) is 48.0 Å². The number of fused-ring (bicyclic) bond motifs is 1. The molecule has 0 unspecified atom stereocenters. The molecule has 1 fully saturated rings. The number of hydrogen-bond acceptors (Lipinski definition) is 4. The summed E-state index contributed by atoms with van der Waals surface area (Å²) >= 11 is 17.7. The zero-order chi connectivity index (χ0) is 24.9. The van der Waals surface area contributed by atoms with E-state index in [-0.39, 0.29) is 26.3 Å². The lowest BCUT2D eigenvalue weighted by Gasteiger charge is -2.46. The fourth-order valence-corrected chi connectivity index (χ4v) is 5.46. The molecule has 0 bridgehead atoms. The van der Waals surface area contributed by atoms with Crippen molar-refractivity contribution in [2.24, 2.45) is 0 Å². The molecule has 5 nitrogen and oxygen atoms in total. The van der Waals surface area contributed by atoms with Gasteiger partial charge in [-0.3, -0.25) is 19.8 Å². The second-order valence-electron chi connectivity index (χ2n) is 9.25. The highest BCUT2D eigenvalue weighted by molar-refractivity contribution is 7.80. The summed E-state index contributed by atoms with van der Waals surface area (Å²) in [4.78, 5) is 29.7. The van der Waals surface area contributed by atoms with Crippen molar-refractivity contribution in [1.29, 1.82) is 0 Å². The molecule has 0 atom stereocenters. The third-order valence-electron chi connectivity index (χ3n) is 6.00. The Morgan fingerprint density at radius 2 is 1.79 bits per heavy atom. The Hall–Kier alpha value is -2.67. The summed E-state index contributed by atoms with van der Waals surface area (Å²) in [6.07, 6.45) is 3.82. The minimum absolute atomic E-state index is 0.0388. The average molecular weight is 514 g/mol. The highest BCUT2D eigenvalue weighted by atomic mass is 35.5. The van der Waals surface area contributed by atoms with Gasteiger partial charge in [0.15, 0.2) is 5.11 Å². The molecule has 34 heavy (non-hydrogen) atoms. The average Bonchev–Trinajstić information content (AvgIpc) is 2.73. The van der Waals surface area contributed by atoms with Crippen LogP contribution in [0, 0.1) is 0 Å². The van der Waals surface area contributed by atoms with Gasteiger partial charge in [0.05, 0.1) is 21.3 Å². The number of halogens is 2. The highest BCUT2D eigenvalue weighted by Crippen LogP contribution is 2.41. The molecule has 2 amide bonds. The van der Waals surface area contributed by atoms with Crippen molar-refractivity contribution in [3.8, 4) is 0 Å². The maximum absolute atomic E-state index is 13.4. The van der Waals surface area contributed by atoms with Gasteiger partial charge >= 0.3 is 0 Å². The second-order valence-corrected chi connectivity index (χ2v) is 10.4. The molecule has 4 rings (SSSR count). The maximum Gasteiger partial charge on any atom is 0.270 e. The van der Waals surface area contributed by atoms with Crippen LogP contribution in [0.5, 0.6) is 0 Å². The number of anilines is 2. The number of benzene rings is 2. The molecule has 176 valence electrons. The van der Waals surface area contributed by atoms with E-state index in [9.17, 15) is 9.59 Å². The Kier molecular flexibility index (Phi) is 6.36. The van der Waals surface area contributed by atoms with Gasteiger partial charge < -0.3 is 4.90 Å². The Balaban J connectivity index is 1.78. The smallest absolute Gasteiger partial charge is 0.270 e. The first-order chi connectivity index (χ1) is 15.9. The SMILES string of the molecule is CC1=CC(C)(C)N(C(C)C)c2ccc(/C=C3\C(=O)NC(=S)N(c4cccc(Cl)c4Cl)C3=O)cc21. The summed E-state index contributed by atoms with van der Waals surface area (Å²) in [5.41, 5.74) is 4.21. The number of amides is 2. The quantitative estimate of drug-likeness (QED) is 0.300. The third-order valence-corrected chi connectivity index (χ3v) is 7.09. The summed E-state index contributed by atoms with van der Waals surface area (Å²) in [7, 11) is 0. The molecular weight excluding hydrogens is 489 g/mol. The fourth-order valence-electron chi connectivity index (χ4n) is 4.81. The Morgan fingerprint density at radius 1 is 1.09 bits per heavy atom. The number of carbonyl (C=O) groups excluding carboxylic acids is 2. The molecule has 2 heterocycles. The number of nitrogens with one attached hydrogen (secondary N) is 1. The summed E-state index contributed by atoms with van der Waals surface area (Å²) in [5.74, 6) is -1.12. The topological polar surface area (TPSA) is 52.7 Å². The van der Waals surface area contributed by atoms with Gasteiger partial charge in [-0.05, 0) is 88.3 Å². The van der Waals surface area contributed by atoms with Crippen LogP contribution in [0.2, 0.25) is 10.0 Å². The molecule has 0 saturated carbocycles. The molecule has 2 aliphatic rings. The van der Waals surface area contributed by atoms with Crippen molar-refractivity contribution in [1.82, 2.24) is 5.32 Å². The van der Waals surface area contributed by atoms with Crippen molar-refractivity contribution in [2.45, 2.75) is 46.2 Å². The number of allylic oxidation sites excluding steroid dienone is 1. The lowest BCUT2D eigenvalue weighted by Crippen LogP contribution is -2.54.